The van der Waals surface area contributed by atoms with E-state index in [0.717, 1.165) is 31.7 Å². The van der Waals surface area contributed by atoms with Crippen molar-refractivity contribution in [2.75, 3.05) is 13.2 Å². The number of rotatable bonds is 6. The van der Waals surface area contributed by atoms with Crippen molar-refractivity contribution in [1.29, 1.82) is 0 Å². The Balaban J connectivity index is 2.55. The van der Waals surface area contributed by atoms with E-state index in [2.05, 4.69) is 26.0 Å². The Morgan fingerprint density at radius 1 is 1.27 bits per heavy atom. The van der Waals surface area contributed by atoms with Gasteiger partial charge in [0.25, 0.3) is 0 Å². The Kier molecular flexibility index (Phi) is 5.19. The number of nitrogens with two attached hydrogens (primary N) is 1. The van der Waals surface area contributed by atoms with Gasteiger partial charge in [0.15, 0.2) is 0 Å². The molecule has 0 aliphatic heterocycles. The average Bonchev–Trinajstić information content (AvgIpc) is 2.27. The van der Waals surface area contributed by atoms with Gasteiger partial charge >= 0.3 is 0 Å². The zero-order valence-electron chi connectivity index (χ0n) is 9.70. The van der Waals surface area contributed by atoms with E-state index < -0.39 is 0 Å². The maximum atomic E-state index is 5.54. The van der Waals surface area contributed by atoms with Gasteiger partial charge in [0.2, 0.25) is 0 Å². The molecule has 1 aromatic rings. The van der Waals surface area contributed by atoms with Crippen LogP contribution in [0.4, 0.5) is 0 Å². The molecule has 0 radical (unpaired) electrons. The smallest absolute Gasteiger partial charge is 0.119 e. The molecule has 2 nitrogen and oxygen atoms in total. The van der Waals surface area contributed by atoms with E-state index in [9.17, 15) is 0 Å². The molecule has 0 amide bonds. The highest BCUT2D eigenvalue weighted by Crippen LogP contribution is 2.21. The van der Waals surface area contributed by atoms with Crippen molar-refractivity contribution in [3.63, 3.8) is 0 Å². The molecule has 15 heavy (non-hydrogen) atoms. The lowest BCUT2D eigenvalue weighted by Gasteiger charge is -2.11. The highest BCUT2D eigenvalue weighted by molar-refractivity contribution is 5.29. The van der Waals surface area contributed by atoms with Crippen LogP contribution in [0, 0.1) is 0 Å². The van der Waals surface area contributed by atoms with Crippen molar-refractivity contribution in [2.45, 2.75) is 32.6 Å². The molecule has 1 unspecified atom stereocenters. The van der Waals surface area contributed by atoms with Gasteiger partial charge in [-0.3, -0.25) is 0 Å². The van der Waals surface area contributed by atoms with Crippen LogP contribution in [0.15, 0.2) is 24.3 Å². The molecule has 0 saturated carbocycles. The normalized spacial score (nSPS) is 12.5. The van der Waals surface area contributed by atoms with Gasteiger partial charge in [0.1, 0.15) is 5.75 Å². The SMILES string of the molecule is CCCOc1ccc(C(C)CCN)cc1. The Bertz CT molecular complexity index is 268. The van der Waals surface area contributed by atoms with Crippen LogP contribution >= 0.6 is 0 Å². The molecular formula is C13H21NO. The fourth-order valence-electron chi connectivity index (χ4n) is 1.53. The van der Waals surface area contributed by atoms with Crippen molar-refractivity contribution in [1.82, 2.24) is 0 Å². The fraction of sp³-hybridized carbons (Fsp3) is 0.538. The summed E-state index contributed by atoms with van der Waals surface area (Å²) in [5.41, 5.74) is 6.88. The van der Waals surface area contributed by atoms with Crippen molar-refractivity contribution >= 4 is 0 Å². The third-order valence-corrected chi connectivity index (χ3v) is 2.52. The Labute approximate surface area is 92.4 Å². The summed E-state index contributed by atoms with van der Waals surface area (Å²) in [6.07, 6.45) is 2.08. The molecule has 0 aromatic heterocycles. The summed E-state index contributed by atoms with van der Waals surface area (Å²) >= 11 is 0. The first-order chi connectivity index (χ1) is 7.27. The first-order valence-electron chi connectivity index (χ1n) is 5.70. The van der Waals surface area contributed by atoms with E-state index in [-0.39, 0.29) is 0 Å². The largest absolute Gasteiger partial charge is 0.494 e. The second kappa shape index (κ2) is 6.46. The first-order valence-corrected chi connectivity index (χ1v) is 5.70. The minimum absolute atomic E-state index is 0.537. The van der Waals surface area contributed by atoms with Crippen molar-refractivity contribution in [2.24, 2.45) is 5.73 Å². The van der Waals surface area contributed by atoms with Crippen molar-refractivity contribution in [3.05, 3.63) is 29.8 Å². The van der Waals surface area contributed by atoms with E-state index in [1.807, 2.05) is 12.1 Å². The van der Waals surface area contributed by atoms with Gasteiger partial charge in [-0.2, -0.15) is 0 Å². The number of ether oxygens (including phenoxy) is 1. The molecule has 0 aliphatic carbocycles. The Morgan fingerprint density at radius 2 is 1.93 bits per heavy atom. The molecule has 1 atom stereocenters. The number of hydrogen-bond donors (Lipinski definition) is 1. The second-order valence-corrected chi connectivity index (χ2v) is 3.90. The van der Waals surface area contributed by atoms with E-state index >= 15 is 0 Å². The van der Waals surface area contributed by atoms with E-state index in [1.165, 1.54) is 5.56 Å². The predicted octanol–water partition coefficient (Wildman–Crippen LogP) is 2.93. The minimum Gasteiger partial charge on any atom is -0.494 e. The summed E-state index contributed by atoms with van der Waals surface area (Å²) in [5, 5.41) is 0. The lowest BCUT2D eigenvalue weighted by Crippen LogP contribution is -2.04. The number of benzene rings is 1. The van der Waals surface area contributed by atoms with Gasteiger partial charge in [-0.15, -0.1) is 0 Å². The molecule has 1 rings (SSSR count). The van der Waals surface area contributed by atoms with Crippen LogP contribution in [0.1, 0.15) is 38.2 Å². The van der Waals surface area contributed by atoms with Crippen LogP contribution in [-0.2, 0) is 0 Å². The topological polar surface area (TPSA) is 35.2 Å². The lowest BCUT2D eigenvalue weighted by atomic mass is 9.98. The maximum Gasteiger partial charge on any atom is 0.119 e. The Morgan fingerprint density at radius 3 is 2.47 bits per heavy atom. The third kappa shape index (κ3) is 3.92. The van der Waals surface area contributed by atoms with Crippen LogP contribution in [0.3, 0.4) is 0 Å². The van der Waals surface area contributed by atoms with Gasteiger partial charge < -0.3 is 10.5 Å². The zero-order chi connectivity index (χ0) is 11.1. The molecule has 84 valence electrons. The monoisotopic (exact) mass is 207 g/mol. The lowest BCUT2D eigenvalue weighted by molar-refractivity contribution is 0.317. The van der Waals surface area contributed by atoms with Gasteiger partial charge in [-0.05, 0) is 43.0 Å². The molecule has 0 spiro atoms. The molecule has 0 saturated heterocycles. The Hall–Kier alpha value is -1.02. The number of hydrogen-bond acceptors (Lipinski definition) is 2. The minimum atomic E-state index is 0.537. The standard InChI is InChI=1S/C13H21NO/c1-3-10-15-13-6-4-12(5-7-13)11(2)8-9-14/h4-7,11H,3,8-10,14H2,1-2H3. The van der Waals surface area contributed by atoms with Crippen LogP contribution in [0.25, 0.3) is 0 Å². The van der Waals surface area contributed by atoms with E-state index in [0.29, 0.717) is 5.92 Å². The highest BCUT2D eigenvalue weighted by atomic mass is 16.5. The quantitative estimate of drug-likeness (QED) is 0.778. The third-order valence-electron chi connectivity index (χ3n) is 2.52. The van der Waals surface area contributed by atoms with Gasteiger partial charge in [-0.25, -0.2) is 0 Å². The summed E-state index contributed by atoms with van der Waals surface area (Å²) in [6.45, 7) is 5.85. The molecule has 0 bridgehead atoms. The second-order valence-electron chi connectivity index (χ2n) is 3.90. The van der Waals surface area contributed by atoms with E-state index in [1.54, 1.807) is 0 Å². The summed E-state index contributed by atoms with van der Waals surface area (Å²) < 4.78 is 5.53. The van der Waals surface area contributed by atoms with Gasteiger partial charge in [0.05, 0.1) is 6.61 Å². The van der Waals surface area contributed by atoms with Crippen LogP contribution in [0.2, 0.25) is 0 Å². The molecule has 0 heterocycles. The molecular weight excluding hydrogens is 186 g/mol. The van der Waals surface area contributed by atoms with Gasteiger partial charge in [0, 0.05) is 0 Å². The maximum absolute atomic E-state index is 5.54. The summed E-state index contributed by atoms with van der Waals surface area (Å²) in [7, 11) is 0. The van der Waals surface area contributed by atoms with Gasteiger partial charge in [-0.1, -0.05) is 26.0 Å². The van der Waals surface area contributed by atoms with Crippen LogP contribution in [-0.4, -0.2) is 13.2 Å². The fourth-order valence-corrected chi connectivity index (χ4v) is 1.53. The predicted molar refractivity (Wildman–Crippen MR) is 64.3 cm³/mol. The molecule has 1 aromatic carbocycles. The van der Waals surface area contributed by atoms with Crippen LogP contribution in [0.5, 0.6) is 5.75 Å². The molecule has 0 aliphatic rings. The average molecular weight is 207 g/mol. The summed E-state index contributed by atoms with van der Waals surface area (Å²) in [4.78, 5) is 0. The van der Waals surface area contributed by atoms with Crippen molar-refractivity contribution in [3.8, 4) is 5.75 Å². The summed E-state index contributed by atoms with van der Waals surface area (Å²) in [5.74, 6) is 1.50. The molecule has 2 N–H and O–H groups in total. The zero-order valence-corrected chi connectivity index (χ0v) is 9.70. The van der Waals surface area contributed by atoms with Crippen LogP contribution < -0.4 is 10.5 Å². The van der Waals surface area contributed by atoms with Crippen molar-refractivity contribution < 1.29 is 4.74 Å². The molecule has 0 fully saturated rings. The summed E-state index contributed by atoms with van der Waals surface area (Å²) in [6, 6.07) is 8.34. The van der Waals surface area contributed by atoms with E-state index in [4.69, 9.17) is 10.5 Å². The first kappa shape index (κ1) is 12.1. The highest BCUT2D eigenvalue weighted by Gasteiger charge is 2.03. The molecule has 2 heteroatoms.